The van der Waals surface area contributed by atoms with Crippen molar-refractivity contribution in [3.63, 3.8) is 0 Å². The fourth-order valence-electron chi connectivity index (χ4n) is 2.40. The highest BCUT2D eigenvalue weighted by molar-refractivity contribution is 6.30. The summed E-state index contributed by atoms with van der Waals surface area (Å²) in [5.41, 5.74) is 1.92. The minimum Gasteiger partial charge on any atom is -0.493 e. The number of alkyl halides is 2. The number of hydrogen-bond acceptors (Lipinski definition) is 3. The Morgan fingerprint density at radius 1 is 1.07 bits per heavy atom. The molecule has 27 heavy (non-hydrogen) atoms. The van der Waals surface area contributed by atoms with E-state index >= 15 is 0 Å². The number of hydrogen-bond donors (Lipinski definition) is 2. The Kier molecular flexibility index (Phi) is 8.13. The molecule has 2 rings (SSSR count). The van der Waals surface area contributed by atoms with Crippen LogP contribution >= 0.6 is 11.6 Å². The Morgan fingerprint density at radius 2 is 1.78 bits per heavy atom. The number of methoxy groups -OCH3 is 1. The topological polar surface area (TPSA) is 54.9 Å². The molecule has 0 aromatic heterocycles. The van der Waals surface area contributed by atoms with E-state index in [0.29, 0.717) is 30.5 Å². The second-order valence-electron chi connectivity index (χ2n) is 5.59. The number of aliphatic imine (C=N–C) groups is 1. The molecule has 0 atom stereocenters. The van der Waals surface area contributed by atoms with Gasteiger partial charge in [0.25, 0.3) is 0 Å². The van der Waals surface area contributed by atoms with Gasteiger partial charge >= 0.3 is 6.61 Å². The molecule has 0 aliphatic carbocycles. The number of rotatable bonds is 8. The molecule has 146 valence electrons. The van der Waals surface area contributed by atoms with Gasteiger partial charge < -0.3 is 20.1 Å². The minimum atomic E-state index is -2.90. The van der Waals surface area contributed by atoms with Crippen LogP contribution in [0.15, 0.2) is 47.5 Å². The molecule has 0 amide bonds. The second kappa shape index (κ2) is 10.6. The monoisotopic (exact) mass is 397 g/mol. The van der Waals surface area contributed by atoms with Gasteiger partial charge in [0.15, 0.2) is 17.5 Å². The number of benzene rings is 2. The molecule has 0 unspecified atom stereocenters. The maximum absolute atomic E-state index is 12.5. The van der Waals surface area contributed by atoms with Crippen molar-refractivity contribution in [2.45, 2.75) is 19.6 Å². The number of halogens is 3. The van der Waals surface area contributed by atoms with Crippen LogP contribution in [0.25, 0.3) is 0 Å². The van der Waals surface area contributed by atoms with E-state index in [1.54, 1.807) is 19.2 Å². The molecule has 5 nitrogen and oxygen atoms in total. The predicted octanol–water partition coefficient (Wildman–Crippen LogP) is 3.86. The third-order valence-corrected chi connectivity index (χ3v) is 4.00. The highest BCUT2D eigenvalue weighted by Gasteiger charge is 2.11. The van der Waals surface area contributed by atoms with Gasteiger partial charge in [-0.15, -0.1) is 0 Å². The van der Waals surface area contributed by atoms with E-state index < -0.39 is 6.61 Å². The smallest absolute Gasteiger partial charge is 0.387 e. The van der Waals surface area contributed by atoms with Crippen LogP contribution < -0.4 is 20.1 Å². The number of nitrogens with one attached hydrogen (secondary N) is 2. The molecular weight excluding hydrogens is 376 g/mol. The first-order valence-corrected chi connectivity index (χ1v) is 8.70. The van der Waals surface area contributed by atoms with Crippen molar-refractivity contribution in [1.29, 1.82) is 0 Å². The van der Waals surface area contributed by atoms with Crippen LogP contribution in [0.1, 0.15) is 11.1 Å². The summed E-state index contributed by atoms with van der Waals surface area (Å²) in [6.07, 6.45) is 0.602. The molecule has 2 N–H and O–H groups in total. The lowest BCUT2D eigenvalue weighted by molar-refractivity contribution is -0.0512. The molecule has 2 aromatic carbocycles. The first kappa shape index (κ1) is 20.8. The van der Waals surface area contributed by atoms with Gasteiger partial charge in [-0.25, -0.2) is 0 Å². The van der Waals surface area contributed by atoms with Crippen molar-refractivity contribution in [1.82, 2.24) is 10.6 Å². The van der Waals surface area contributed by atoms with E-state index in [1.165, 1.54) is 7.11 Å². The van der Waals surface area contributed by atoms with Crippen molar-refractivity contribution >= 4 is 17.6 Å². The van der Waals surface area contributed by atoms with E-state index in [2.05, 4.69) is 20.4 Å². The van der Waals surface area contributed by atoms with Crippen LogP contribution in [-0.2, 0) is 13.0 Å². The van der Waals surface area contributed by atoms with Crippen molar-refractivity contribution in [3.05, 3.63) is 58.6 Å². The lowest BCUT2D eigenvalue weighted by Gasteiger charge is -2.14. The molecular formula is C19H22ClF2N3O2. The van der Waals surface area contributed by atoms with Crippen molar-refractivity contribution in [2.24, 2.45) is 4.99 Å². The summed E-state index contributed by atoms with van der Waals surface area (Å²) in [4.78, 5) is 4.16. The van der Waals surface area contributed by atoms with Crippen LogP contribution in [0.2, 0.25) is 5.02 Å². The van der Waals surface area contributed by atoms with E-state index in [4.69, 9.17) is 16.3 Å². The average molecular weight is 398 g/mol. The third kappa shape index (κ3) is 6.94. The summed E-state index contributed by atoms with van der Waals surface area (Å²) >= 11 is 5.87. The van der Waals surface area contributed by atoms with E-state index in [0.717, 1.165) is 11.1 Å². The number of nitrogens with zero attached hydrogens (tertiary/aromatic N) is 1. The van der Waals surface area contributed by atoms with Crippen LogP contribution in [0.5, 0.6) is 11.5 Å². The SMILES string of the molecule is CN=C(NCCc1ccc(OC)c(OC(F)F)c1)NCc1ccc(Cl)cc1. The van der Waals surface area contributed by atoms with Gasteiger partial charge in [-0.05, 0) is 41.8 Å². The zero-order valence-corrected chi connectivity index (χ0v) is 15.9. The molecule has 0 saturated carbocycles. The molecule has 0 heterocycles. The second-order valence-corrected chi connectivity index (χ2v) is 6.03. The molecule has 0 spiro atoms. The Hall–Kier alpha value is -2.54. The Morgan fingerprint density at radius 3 is 2.41 bits per heavy atom. The molecule has 2 aromatic rings. The van der Waals surface area contributed by atoms with Gasteiger partial charge in [0.05, 0.1) is 7.11 Å². The first-order valence-electron chi connectivity index (χ1n) is 8.32. The van der Waals surface area contributed by atoms with Gasteiger partial charge in [0.1, 0.15) is 0 Å². The fraction of sp³-hybridized carbons (Fsp3) is 0.316. The number of ether oxygens (including phenoxy) is 2. The largest absolute Gasteiger partial charge is 0.493 e. The van der Waals surface area contributed by atoms with E-state index in [-0.39, 0.29) is 11.5 Å². The van der Waals surface area contributed by atoms with E-state index in [9.17, 15) is 8.78 Å². The van der Waals surface area contributed by atoms with Gasteiger partial charge in [0.2, 0.25) is 0 Å². The lowest BCUT2D eigenvalue weighted by atomic mass is 10.1. The lowest BCUT2D eigenvalue weighted by Crippen LogP contribution is -2.37. The summed E-state index contributed by atoms with van der Waals surface area (Å²) in [6, 6.07) is 12.5. The van der Waals surface area contributed by atoms with Crippen LogP contribution in [-0.4, -0.2) is 33.3 Å². The standard InChI is InChI=1S/C19H22ClF2N3O2/c1-23-19(25-12-14-3-6-15(20)7-4-14)24-10-9-13-5-8-16(26-2)17(11-13)27-18(21)22/h3-8,11,18H,9-10,12H2,1-2H3,(H2,23,24,25). The van der Waals surface area contributed by atoms with E-state index in [1.807, 2.05) is 30.3 Å². The molecule has 0 aliphatic rings. The van der Waals surface area contributed by atoms with Crippen molar-refractivity contribution in [3.8, 4) is 11.5 Å². The average Bonchev–Trinajstić information content (AvgIpc) is 2.65. The highest BCUT2D eigenvalue weighted by atomic mass is 35.5. The highest BCUT2D eigenvalue weighted by Crippen LogP contribution is 2.29. The van der Waals surface area contributed by atoms with Crippen molar-refractivity contribution in [2.75, 3.05) is 20.7 Å². The normalized spacial score (nSPS) is 11.4. The summed E-state index contributed by atoms with van der Waals surface area (Å²) in [7, 11) is 3.09. The van der Waals surface area contributed by atoms with Crippen LogP contribution in [0.3, 0.4) is 0 Å². The maximum Gasteiger partial charge on any atom is 0.387 e. The van der Waals surface area contributed by atoms with Crippen LogP contribution in [0, 0.1) is 0 Å². The Balaban J connectivity index is 1.85. The number of guanidine groups is 1. The molecule has 8 heteroatoms. The van der Waals surface area contributed by atoms with Crippen molar-refractivity contribution < 1.29 is 18.3 Å². The van der Waals surface area contributed by atoms with Gasteiger partial charge in [-0.3, -0.25) is 4.99 Å². The molecule has 0 aliphatic heterocycles. The van der Waals surface area contributed by atoms with Gasteiger partial charge in [-0.2, -0.15) is 8.78 Å². The summed E-state index contributed by atoms with van der Waals surface area (Å²) < 4.78 is 34.5. The summed E-state index contributed by atoms with van der Waals surface area (Å²) in [6.45, 7) is -1.73. The third-order valence-electron chi connectivity index (χ3n) is 3.75. The quantitative estimate of drug-likeness (QED) is 0.524. The Bertz CT molecular complexity index is 755. The van der Waals surface area contributed by atoms with Gasteiger partial charge in [0, 0.05) is 25.2 Å². The summed E-state index contributed by atoms with van der Waals surface area (Å²) in [5.74, 6) is 0.935. The van der Waals surface area contributed by atoms with Crippen LogP contribution in [0.4, 0.5) is 8.78 Å². The molecule has 0 radical (unpaired) electrons. The zero-order valence-electron chi connectivity index (χ0n) is 15.1. The predicted molar refractivity (Wildman–Crippen MR) is 103 cm³/mol. The molecule has 0 bridgehead atoms. The minimum absolute atomic E-state index is 0.0234. The first-order chi connectivity index (χ1) is 13.0. The maximum atomic E-state index is 12.5. The molecule has 0 saturated heterocycles. The Labute approximate surface area is 162 Å². The van der Waals surface area contributed by atoms with Gasteiger partial charge in [-0.1, -0.05) is 29.8 Å². The molecule has 0 fully saturated rings. The summed E-state index contributed by atoms with van der Waals surface area (Å²) in [5, 5.41) is 7.07. The fourth-order valence-corrected chi connectivity index (χ4v) is 2.52. The zero-order chi connectivity index (χ0) is 19.6.